The molecule has 29 heavy (non-hydrogen) atoms. The van der Waals surface area contributed by atoms with E-state index in [0.29, 0.717) is 36.2 Å². The first-order chi connectivity index (χ1) is 14.1. The van der Waals surface area contributed by atoms with Gasteiger partial charge in [-0.2, -0.15) is 0 Å². The summed E-state index contributed by atoms with van der Waals surface area (Å²) in [6.07, 6.45) is 4.28. The largest absolute Gasteiger partial charge is 0.352 e. The summed E-state index contributed by atoms with van der Waals surface area (Å²) in [7, 11) is 0. The summed E-state index contributed by atoms with van der Waals surface area (Å²) in [6.45, 7) is 2.59. The standard InChI is InChI=1S/C20H24ClN5O2S/c21-16-8-2-1-6-14(16)12-22-18(28)15-7-5-10-25(13-15)19-23-24-20(29-19)26-11-4-3-9-17(26)27/h1-2,6,8,15H,3-5,7,9-13H2,(H,22,28)/t15-/m0/s1. The Morgan fingerprint density at radius 1 is 1.17 bits per heavy atom. The first-order valence-electron chi connectivity index (χ1n) is 10.0. The predicted octanol–water partition coefficient (Wildman–Crippen LogP) is 3.24. The van der Waals surface area contributed by atoms with Gasteiger partial charge in [0.1, 0.15) is 0 Å². The summed E-state index contributed by atoms with van der Waals surface area (Å²) >= 11 is 7.61. The van der Waals surface area contributed by atoms with Crippen molar-refractivity contribution in [2.45, 2.75) is 38.6 Å². The number of anilines is 2. The van der Waals surface area contributed by atoms with Gasteiger partial charge >= 0.3 is 0 Å². The van der Waals surface area contributed by atoms with Gasteiger partial charge in [-0.15, -0.1) is 10.2 Å². The SMILES string of the molecule is O=C(NCc1ccccc1Cl)[C@H]1CCCN(c2nnc(N3CCCCC3=O)s2)C1. The van der Waals surface area contributed by atoms with Crippen LogP contribution in [0.1, 0.15) is 37.7 Å². The van der Waals surface area contributed by atoms with Gasteiger partial charge in [0.05, 0.1) is 5.92 Å². The number of halogens is 1. The van der Waals surface area contributed by atoms with Crippen molar-refractivity contribution in [2.75, 3.05) is 29.4 Å². The zero-order valence-electron chi connectivity index (χ0n) is 16.1. The molecule has 0 radical (unpaired) electrons. The normalized spacial score (nSPS) is 20.0. The average Bonchev–Trinajstić information content (AvgIpc) is 3.23. The number of aromatic nitrogens is 2. The fraction of sp³-hybridized carbons (Fsp3) is 0.500. The van der Waals surface area contributed by atoms with Crippen LogP contribution in [0.15, 0.2) is 24.3 Å². The Kier molecular flexibility index (Phi) is 6.30. The summed E-state index contributed by atoms with van der Waals surface area (Å²) in [5.41, 5.74) is 0.912. The minimum Gasteiger partial charge on any atom is -0.352 e. The molecular weight excluding hydrogens is 410 g/mol. The smallest absolute Gasteiger partial charge is 0.228 e. The minimum atomic E-state index is -0.102. The second-order valence-corrected chi connectivity index (χ2v) is 8.81. The molecule has 2 amide bonds. The van der Waals surface area contributed by atoms with Crippen LogP contribution in [0.4, 0.5) is 10.3 Å². The Bertz CT molecular complexity index is 889. The number of nitrogens with one attached hydrogen (secondary N) is 1. The molecule has 9 heteroatoms. The van der Waals surface area contributed by atoms with Crippen LogP contribution < -0.4 is 15.1 Å². The van der Waals surface area contributed by atoms with E-state index in [1.165, 1.54) is 11.3 Å². The lowest BCUT2D eigenvalue weighted by molar-refractivity contribution is -0.125. The van der Waals surface area contributed by atoms with Gasteiger partial charge in [-0.25, -0.2) is 0 Å². The third kappa shape index (κ3) is 4.70. The number of nitrogens with zero attached hydrogens (tertiary/aromatic N) is 4. The number of carbonyl (C=O) groups is 2. The number of hydrogen-bond donors (Lipinski definition) is 1. The third-order valence-electron chi connectivity index (χ3n) is 5.43. The Morgan fingerprint density at radius 3 is 2.83 bits per heavy atom. The van der Waals surface area contributed by atoms with Crippen molar-refractivity contribution < 1.29 is 9.59 Å². The molecule has 7 nitrogen and oxygen atoms in total. The van der Waals surface area contributed by atoms with Crippen molar-refractivity contribution in [3.63, 3.8) is 0 Å². The van der Waals surface area contributed by atoms with Crippen molar-refractivity contribution in [3.05, 3.63) is 34.9 Å². The molecule has 0 bridgehead atoms. The Morgan fingerprint density at radius 2 is 2.00 bits per heavy atom. The number of piperidine rings is 2. The van der Waals surface area contributed by atoms with E-state index in [1.807, 2.05) is 24.3 Å². The second kappa shape index (κ2) is 9.09. The second-order valence-electron chi connectivity index (χ2n) is 7.46. The highest BCUT2D eigenvalue weighted by atomic mass is 35.5. The van der Waals surface area contributed by atoms with Crippen molar-refractivity contribution >= 4 is 45.0 Å². The molecule has 0 aliphatic carbocycles. The third-order valence-corrected chi connectivity index (χ3v) is 6.81. The van der Waals surface area contributed by atoms with Gasteiger partial charge in [0.2, 0.25) is 22.1 Å². The summed E-state index contributed by atoms with van der Waals surface area (Å²) < 4.78 is 0. The molecule has 2 aliphatic rings. The topological polar surface area (TPSA) is 78.4 Å². The summed E-state index contributed by atoms with van der Waals surface area (Å²) in [6, 6.07) is 7.53. The zero-order valence-corrected chi connectivity index (χ0v) is 17.7. The molecule has 1 aromatic carbocycles. The molecule has 2 fully saturated rings. The van der Waals surface area contributed by atoms with E-state index >= 15 is 0 Å². The number of hydrogen-bond acceptors (Lipinski definition) is 6. The molecule has 1 atom stereocenters. The van der Waals surface area contributed by atoms with Gasteiger partial charge in [0.25, 0.3) is 0 Å². The van der Waals surface area contributed by atoms with Crippen molar-refractivity contribution in [2.24, 2.45) is 5.92 Å². The van der Waals surface area contributed by atoms with Gasteiger partial charge in [-0.1, -0.05) is 41.1 Å². The van der Waals surface area contributed by atoms with Crippen LogP contribution in [0, 0.1) is 5.92 Å². The molecule has 0 spiro atoms. The van der Waals surface area contributed by atoms with Gasteiger partial charge in [0.15, 0.2) is 0 Å². The van der Waals surface area contributed by atoms with E-state index in [-0.39, 0.29) is 17.7 Å². The number of carbonyl (C=O) groups excluding carboxylic acids is 2. The Balaban J connectivity index is 1.36. The van der Waals surface area contributed by atoms with Crippen molar-refractivity contribution in [1.29, 1.82) is 0 Å². The van der Waals surface area contributed by atoms with E-state index in [2.05, 4.69) is 20.4 Å². The van der Waals surface area contributed by atoms with Crippen LogP contribution in [0.3, 0.4) is 0 Å². The maximum absolute atomic E-state index is 12.7. The van der Waals surface area contributed by atoms with E-state index in [9.17, 15) is 9.59 Å². The van der Waals surface area contributed by atoms with E-state index in [0.717, 1.165) is 42.9 Å². The summed E-state index contributed by atoms with van der Waals surface area (Å²) in [5.74, 6) is 0.0511. The molecule has 4 rings (SSSR count). The summed E-state index contributed by atoms with van der Waals surface area (Å²) in [4.78, 5) is 28.7. The highest BCUT2D eigenvalue weighted by Crippen LogP contribution is 2.32. The molecule has 2 aromatic rings. The minimum absolute atomic E-state index is 0.0329. The van der Waals surface area contributed by atoms with E-state index in [4.69, 9.17) is 11.6 Å². The van der Waals surface area contributed by atoms with E-state index < -0.39 is 0 Å². The number of benzene rings is 1. The van der Waals surface area contributed by atoms with Crippen molar-refractivity contribution in [3.8, 4) is 0 Å². The van der Waals surface area contributed by atoms with E-state index in [1.54, 1.807) is 4.90 Å². The molecule has 0 unspecified atom stereocenters. The molecule has 1 N–H and O–H groups in total. The van der Waals surface area contributed by atoms with Crippen LogP contribution in [0.2, 0.25) is 5.02 Å². The molecule has 154 valence electrons. The number of rotatable bonds is 5. The van der Waals surface area contributed by atoms with Crippen LogP contribution >= 0.6 is 22.9 Å². The summed E-state index contributed by atoms with van der Waals surface area (Å²) in [5, 5.41) is 13.6. The monoisotopic (exact) mass is 433 g/mol. The maximum atomic E-state index is 12.7. The fourth-order valence-electron chi connectivity index (χ4n) is 3.79. The Hall–Kier alpha value is -2.19. The maximum Gasteiger partial charge on any atom is 0.228 e. The Labute approximate surface area is 179 Å². The molecule has 1 aromatic heterocycles. The number of amides is 2. The van der Waals surface area contributed by atoms with Crippen LogP contribution in [0.25, 0.3) is 0 Å². The first-order valence-corrected chi connectivity index (χ1v) is 11.2. The lowest BCUT2D eigenvalue weighted by Crippen LogP contribution is -2.43. The fourth-order valence-corrected chi connectivity index (χ4v) is 4.91. The van der Waals surface area contributed by atoms with Crippen LogP contribution in [-0.2, 0) is 16.1 Å². The lowest BCUT2D eigenvalue weighted by atomic mass is 9.97. The molecule has 2 aliphatic heterocycles. The first kappa shape index (κ1) is 20.1. The van der Waals surface area contributed by atoms with Crippen LogP contribution in [0.5, 0.6) is 0 Å². The van der Waals surface area contributed by atoms with Gasteiger partial charge < -0.3 is 10.2 Å². The van der Waals surface area contributed by atoms with Crippen LogP contribution in [-0.4, -0.2) is 41.6 Å². The highest BCUT2D eigenvalue weighted by Gasteiger charge is 2.29. The quantitative estimate of drug-likeness (QED) is 0.783. The average molecular weight is 434 g/mol. The van der Waals surface area contributed by atoms with Gasteiger partial charge in [-0.05, 0) is 37.3 Å². The van der Waals surface area contributed by atoms with Gasteiger partial charge in [-0.3, -0.25) is 14.5 Å². The van der Waals surface area contributed by atoms with Crippen molar-refractivity contribution in [1.82, 2.24) is 15.5 Å². The van der Waals surface area contributed by atoms with Gasteiger partial charge in [0, 0.05) is 37.6 Å². The highest BCUT2D eigenvalue weighted by molar-refractivity contribution is 7.19. The molecule has 0 saturated carbocycles. The molecule has 3 heterocycles. The molecular formula is C20H24ClN5O2S. The lowest BCUT2D eigenvalue weighted by Gasteiger charge is -2.31. The molecule has 2 saturated heterocycles. The zero-order chi connectivity index (χ0) is 20.2. The predicted molar refractivity (Wildman–Crippen MR) is 114 cm³/mol.